The summed E-state index contributed by atoms with van der Waals surface area (Å²) < 4.78 is 6.04. The normalized spacial score (nSPS) is 15.3. The van der Waals surface area contributed by atoms with Crippen molar-refractivity contribution in [2.75, 3.05) is 5.32 Å². The molecule has 0 amide bonds. The Bertz CT molecular complexity index is 1010. The van der Waals surface area contributed by atoms with Crippen LogP contribution in [-0.2, 0) is 0 Å². The zero-order valence-electron chi connectivity index (χ0n) is 15.0. The van der Waals surface area contributed by atoms with Gasteiger partial charge in [0, 0.05) is 29.6 Å². The number of rotatable bonds is 4. The molecule has 0 unspecified atom stereocenters. The molecule has 1 aliphatic carbocycles. The molecule has 0 aliphatic heterocycles. The van der Waals surface area contributed by atoms with Gasteiger partial charge in [0.05, 0.1) is 11.8 Å². The van der Waals surface area contributed by atoms with E-state index in [0.717, 1.165) is 33.6 Å². The highest BCUT2D eigenvalue weighted by Gasteiger charge is 2.19. The highest BCUT2D eigenvalue weighted by atomic mass is 16.3. The number of hydrogen-bond acceptors (Lipinski definition) is 5. The average molecular weight is 359 g/mol. The second-order valence-electron chi connectivity index (χ2n) is 7.07. The Hall–Kier alpha value is -3.15. The van der Waals surface area contributed by atoms with Gasteiger partial charge in [-0.05, 0) is 31.0 Å². The molecule has 3 heterocycles. The third kappa shape index (κ3) is 3.18. The number of nitrogens with zero attached hydrogens (tertiary/aromatic N) is 3. The molecule has 136 valence electrons. The molecule has 1 saturated carbocycles. The summed E-state index contributed by atoms with van der Waals surface area (Å²) in [6.07, 6.45) is 11.7. The van der Waals surface area contributed by atoms with Crippen LogP contribution in [0, 0.1) is 0 Å². The molecule has 1 aromatic carbocycles. The molecule has 0 saturated heterocycles. The van der Waals surface area contributed by atoms with Crippen molar-refractivity contribution in [3.63, 3.8) is 0 Å². The minimum absolute atomic E-state index is 0.453. The molecule has 6 heteroatoms. The fourth-order valence-corrected chi connectivity index (χ4v) is 3.74. The Labute approximate surface area is 157 Å². The molecule has 4 aromatic rings. The van der Waals surface area contributed by atoms with Crippen LogP contribution in [0.5, 0.6) is 0 Å². The number of para-hydroxylation sites is 2. The number of benzene rings is 1. The topological polar surface area (TPSA) is 79.6 Å². The van der Waals surface area contributed by atoms with E-state index in [0.29, 0.717) is 11.9 Å². The van der Waals surface area contributed by atoms with Gasteiger partial charge in [-0.15, -0.1) is 0 Å². The smallest absolute Gasteiger partial charge is 0.231 e. The lowest BCUT2D eigenvalue weighted by molar-refractivity contribution is 0.462. The Kier molecular flexibility index (Phi) is 4.08. The van der Waals surface area contributed by atoms with Crippen LogP contribution in [0.15, 0.2) is 53.3 Å². The van der Waals surface area contributed by atoms with E-state index in [1.165, 1.54) is 32.1 Å². The first-order valence-corrected chi connectivity index (χ1v) is 9.48. The van der Waals surface area contributed by atoms with Crippen LogP contribution in [0.25, 0.3) is 33.7 Å². The fourth-order valence-electron chi connectivity index (χ4n) is 3.74. The number of fused-ring (bicyclic) bond motifs is 1. The molecular weight excluding hydrogens is 338 g/mol. The van der Waals surface area contributed by atoms with Crippen molar-refractivity contribution in [3.8, 4) is 22.6 Å². The Morgan fingerprint density at radius 2 is 1.93 bits per heavy atom. The Morgan fingerprint density at radius 1 is 1.04 bits per heavy atom. The van der Waals surface area contributed by atoms with E-state index >= 15 is 0 Å². The van der Waals surface area contributed by atoms with Gasteiger partial charge in [0.1, 0.15) is 11.3 Å². The first kappa shape index (κ1) is 16.1. The minimum Gasteiger partial charge on any atom is -0.436 e. The van der Waals surface area contributed by atoms with Crippen LogP contribution in [0.2, 0.25) is 0 Å². The molecule has 1 aliphatic rings. The van der Waals surface area contributed by atoms with Crippen molar-refractivity contribution in [3.05, 3.63) is 48.9 Å². The van der Waals surface area contributed by atoms with Crippen LogP contribution in [-0.4, -0.2) is 26.2 Å². The predicted octanol–water partition coefficient (Wildman–Crippen LogP) is 5.02. The van der Waals surface area contributed by atoms with Gasteiger partial charge in [0.15, 0.2) is 5.58 Å². The highest BCUT2D eigenvalue weighted by molar-refractivity contribution is 5.81. The van der Waals surface area contributed by atoms with Crippen LogP contribution in [0.4, 0.5) is 5.82 Å². The summed E-state index contributed by atoms with van der Waals surface area (Å²) in [6, 6.07) is 10.4. The van der Waals surface area contributed by atoms with Crippen molar-refractivity contribution >= 4 is 16.9 Å². The summed E-state index contributed by atoms with van der Waals surface area (Å²) in [5.74, 6) is 1.42. The SMILES string of the molecule is c1ccc2oc(-c3cc(-c4cn[nH]c4)cnc3NC3CCCCC3)nc2c1. The Balaban J connectivity index is 1.59. The lowest BCUT2D eigenvalue weighted by atomic mass is 9.95. The maximum Gasteiger partial charge on any atom is 0.231 e. The molecule has 0 atom stereocenters. The number of oxazole rings is 1. The summed E-state index contributed by atoms with van der Waals surface area (Å²) in [5.41, 5.74) is 4.49. The van der Waals surface area contributed by atoms with Gasteiger partial charge in [-0.2, -0.15) is 5.10 Å². The first-order valence-electron chi connectivity index (χ1n) is 9.48. The van der Waals surface area contributed by atoms with E-state index in [1.807, 2.05) is 36.7 Å². The van der Waals surface area contributed by atoms with E-state index in [-0.39, 0.29) is 0 Å². The van der Waals surface area contributed by atoms with Crippen LogP contribution in [0.3, 0.4) is 0 Å². The van der Waals surface area contributed by atoms with Crippen LogP contribution >= 0.6 is 0 Å². The van der Waals surface area contributed by atoms with Crippen molar-refractivity contribution in [1.29, 1.82) is 0 Å². The molecule has 2 N–H and O–H groups in total. The standard InChI is InChI=1S/C21H21N5O/c1-2-6-16(7-3-1)25-20-17(10-14(11-22-20)15-12-23-24-13-15)21-26-18-8-4-5-9-19(18)27-21/h4-5,8-13,16H,1-3,6-7H2,(H,22,25)(H,23,24). The minimum atomic E-state index is 0.453. The average Bonchev–Trinajstić information content (AvgIpc) is 3.39. The molecule has 6 nitrogen and oxygen atoms in total. The Morgan fingerprint density at radius 3 is 2.74 bits per heavy atom. The molecular formula is C21H21N5O. The van der Waals surface area contributed by atoms with Gasteiger partial charge < -0.3 is 9.73 Å². The number of hydrogen-bond donors (Lipinski definition) is 2. The van der Waals surface area contributed by atoms with Gasteiger partial charge in [0.2, 0.25) is 5.89 Å². The summed E-state index contributed by atoms with van der Waals surface area (Å²) in [7, 11) is 0. The molecule has 1 fully saturated rings. The zero-order valence-corrected chi connectivity index (χ0v) is 15.0. The second-order valence-corrected chi connectivity index (χ2v) is 7.07. The van der Waals surface area contributed by atoms with Gasteiger partial charge in [0.25, 0.3) is 0 Å². The largest absolute Gasteiger partial charge is 0.436 e. The summed E-state index contributed by atoms with van der Waals surface area (Å²) in [5, 5.41) is 10.5. The monoisotopic (exact) mass is 359 g/mol. The molecule has 5 rings (SSSR count). The number of H-pyrrole nitrogens is 1. The third-order valence-corrected chi connectivity index (χ3v) is 5.19. The summed E-state index contributed by atoms with van der Waals surface area (Å²) in [6.45, 7) is 0. The van der Waals surface area contributed by atoms with Crippen LogP contribution in [0.1, 0.15) is 32.1 Å². The number of nitrogens with one attached hydrogen (secondary N) is 2. The molecule has 3 aromatic heterocycles. The molecule has 0 bridgehead atoms. The van der Waals surface area contributed by atoms with Crippen molar-refractivity contribution in [1.82, 2.24) is 20.2 Å². The second kappa shape index (κ2) is 6.87. The molecule has 0 radical (unpaired) electrons. The highest BCUT2D eigenvalue weighted by Crippen LogP contribution is 2.33. The van der Waals surface area contributed by atoms with Crippen LogP contribution < -0.4 is 5.32 Å². The molecule has 0 spiro atoms. The summed E-state index contributed by atoms with van der Waals surface area (Å²) >= 11 is 0. The van der Waals surface area contributed by atoms with E-state index in [2.05, 4.69) is 26.6 Å². The maximum absolute atomic E-state index is 6.04. The number of pyridine rings is 1. The fraction of sp³-hybridized carbons (Fsp3) is 0.286. The molecule has 27 heavy (non-hydrogen) atoms. The van der Waals surface area contributed by atoms with Crippen molar-refractivity contribution in [2.45, 2.75) is 38.1 Å². The maximum atomic E-state index is 6.04. The van der Waals surface area contributed by atoms with E-state index in [9.17, 15) is 0 Å². The van der Waals surface area contributed by atoms with Crippen molar-refractivity contribution in [2.24, 2.45) is 0 Å². The van der Waals surface area contributed by atoms with Gasteiger partial charge >= 0.3 is 0 Å². The van der Waals surface area contributed by atoms with Gasteiger partial charge in [-0.3, -0.25) is 5.10 Å². The lowest BCUT2D eigenvalue weighted by Gasteiger charge is -2.24. The van der Waals surface area contributed by atoms with Crippen molar-refractivity contribution < 1.29 is 4.42 Å². The van der Waals surface area contributed by atoms with Gasteiger partial charge in [-0.1, -0.05) is 31.4 Å². The lowest BCUT2D eigenvalue weighted by Crippen LogP contribution is -2.23. The number of anilines is 1. The zero-order chi connectivity index (χ0) is 18.1. The summed E-state index contributed by atoms with van der Waals surface area (Å²) in [4.78, 5) is 9.41. The van der Waals surface area contributed by atoms with Gasteiger partial charge in [-0.25, -0.2) is 9.97 Å². The van der Waals surface area contributed by atoms with E-state index in [1.54, 1.807) is 6.20 Å². The number of aromatic amines is 1. The number of aromatic nitrogens is 4. The van der Waals surface area contributed by atoms with E-state index in [4.69, 9.17) is 9.40 Å². The predicted molar refractivity (Wildman–Crippen MR) is 105 cm³/mol. The third-order valence-electron chi connectivity index (χ3n) is 5.19. The first-order chi connectivity index (χ1) is 13.4. The quantitative estimate of drug-likeness (QED) is 0.534. The van der Waals surface area contributed by atoms with E-state index < -0.39 is 0 Å².